The Labute approximate surface area is 150 Å². The summed E-state index contributed by atoms with van der Waals surface area (Å²) < 4.78 is 4.78. The quantitative estimate of drug-likeness (QED) is 0.420. The van der Waals surface area contributed by atoms with Crippen molar-refractivity contribution in [2.24, 2.45) is 5.41 Å². The van der Waals surface area contributed by atoms with E-state index >= 15 is 0 Å². The third kappa shape index (κ3) is 5.75. The van der Waals surface area contributed by atoms with Crippen molar-refractivity contribution in [1.29, 1.82) is 0 Å². The van der Waals surface area contributed by atoms with E-state index in [2.05, 4.69) is 57.2 Å². The van der Waals surface area contributed by atoms with Crippen LogP contribution in [-0.4, -0.2) is 17.9 Å². The van der Waals surface area contributed by atoms with Gasteiger partial charge in [-0.25, -0.2) is 10.3 Å². The Morgan fingerprint density at radius 1 is 1.36 bits per heavy atom. The van der Waals surface area contributed by atoms with Gasteiger partial charge in [-0.2, -0.15) is 0 Å². The van der Waals surface area contributed by atoms with Crippen LogP contribution < -0.4 is 5.48 Å². The van der Waals surface area contributed by atoms with Gasteiger partial charge < -0.3 is 4.74 Å². The van der Waals surface area contributed by atoms with Gasteiger partial charge in [-0.3, -0.25) is 5.21 Å². The number of carbonyl (C=O) groups excluding carboxylic acids is 1. The molecule has 136 valence electrons. The Morgan fingerprint density at radius 3 is 2.88 bits per heavy atom. The zero-order chi connectivity index (χ0) is 18.3. The molecule has 2 rings (SSSR count). The summed E-state index contributed by atoms with van der Waals surface area (Å²) in [5.41, 5.74) is 7.08. The molecule has 1 amide bonds. The first-order valence-electron chi connectivity index (χ1n) is 8.96. The highest BCUT2D eigenvalue weighted by Gasteiger charge is 2.26. The lowest BCUT2D eigenvalue weighted by Crippen LogP contribution is -2.20. The molecule has 2 N–H and O–H groups in total. The van der Waals surface area contributed by atoms with Crippen molar-refractivity contribution in [2.75, 3.05) is 6.61 Å². The number of hydrogen-bond acceptors (Lipinski definition) is 3. The molecule has 1 aliphatic carbocycles. The maximum atomic E-state index is 10.8. The van der Waals surface area contributed by atoms with Gasteiger partial charge in [-0.05, 0) is 61.1 Å². The SMILES string of the molecule is CC1=C(/C=C/c2cccc(CCCOC(=O)NO)c2)C(C)(C)CCC1. The highest BCUT2D eigenvalue weighted by atomic mass is 16.6. The average molecular weight is 343 g/mol. The van der Waals surface area contributed by atoms with Crippen LogP contribution in [0, 0.1) is 5.41 Å². The molecule has 0 saturated heterocycles. The molecular weight excluding hydrogens is 314 g/mol. The highest BCUT2D eigenvalue weighted by Crippen LogP contribution is 2.40. The van der Waals surface area contributed by atoms with E-state index < -0.39 is 6.09 Å². The van der Waals surface area contributed by atoms with Gasteiger partial charge in [0.15, 0.2) is 0 Å². The summed E-state index contributed by atoms with van der Waals surface area (Å²) in [5, 5.41) is 8.37. The standard InChI is InChI=1S/C21H29NO3/c1-16-7-5-13-21(2,3)19(16)12-11-18-9-4-8-17(15-18)10-6-14-25-20(23)22-24/h4,8-9,11-12,15,24H,5-7,10,13-14H2,1-3H3,(H,22,23)/b12-11+. The topological polar surface area (TPSA) is 58.6 Å². The second-order valence-corrected chi connectivity index (χ2v) is 7.36. The van der Waals surface area contributed by atoms with E-state index in [9.17, 15) is 4.79 Å². The number of benzene rings is 1. The third-order valence-electron chi connectivity index (χ3n) is 4.87. The van der Waals surface area contributed by atoms with E-state index in [1.165, 1.54) is 47.0 Å². The number of rotatable bonds is 6. The van der Waals surface area contributed by atoms with Crippen LogP contribution >= 0.6 is 0 Å². The molecule has 0 atom stereocenters. The van der Waals surface area contributed by atoms with E-state index in [0.29, 0.717) is 0 Å². The van der Waals surface area contributed by atoms with Gasteiger partial charge in [-0.15, -0.1) is 0 Å². The van der Waals surface area contributed by atoms with Gasteiger partial charge in [0.2, 0.25) is 0 Å². The van der Waals surface area contributed by atoms with Crippen molar-refractivity contribution in [3.8, 4) is 0 Å². The van der Waals surface area contributed by atoms with Crippen LogP contribution in [-0.2, 0) is 11.2 Å². The van der Waals surface area contributed by atoms with Gasteiger partial charge in [0.1, 0.15) is 0 Å². The number of nitrogens with one attached hydrogen (secondary N) is 1. The summed E-state index contributed by atoms with van der Waals surface area (Å²) in [6.45, 7) is 7.19. The van der Waals surface area contributed by atoms with E-state index in [4.69, 9.17) is 9.94 Å². The predicted octanol–water partition coefficient (Wildman–Crippen LogP) is 5.27. The van der Waals surface area contributed by atoms with Crippen molar-refractivity contribution in [3.63, 3.8) is 0 Å². The Kier molecular flexibility index (Phi) is 6.82. The molecule has 0 spiro atoms. The Balaban J connectivity index is 1.98. The van der Waals surface area contributed by atoms with Crippen molar-refractivity contribution >= 4 is 12.2 Å². The van der Waals surface area contributed by atoms with Crippen LogP contribution in [0.25, 0.3) is 6.08 Å². The number of amides is 1. The van der Waals surface area contributed by atoms with Gasteiger partial charge in [0.25, 0.3) is 0 Å². The molecule has 0 bridgehead atoms. The second-order valence-electron chi connectivity index (χ2n) is 7.36. The second kappa shape index (κ2) is 8.86. The first-order valence-corrected chi connectivity index (χ1v) is 8.96. The summed E-state index contributed by atoms with van der Waals surface area (Å²) in [7, 11) is 0. The Morgan fingerprint density at radius 2 is 2.16 bits per heavy atom. The first kappa shape index (κ1) is 19.3. The lowest BCUT2D eigenvalue weighted by molar-refractivity contribution is 0.0884. The first-order chi connectivity index (χ1) is 11.9. The molecule has 0 saturated carbocycles. The molecule has 0 unspecified atom stereocenters. The monoisotopic (exact) mass is 343 g/mol. The van der Waals surface area contributed by atoms with E-state index in [1.807, 2.05) is 0 Å². The minimum Gasteiger partial charge on any atom is -0.448 e. The largest absolute Gasteiger partial charge is 0.448 e. The van der Waals surface area contributed by atoms with Gasteiger partial charge in [0.05, 0.1) is 6.61 Å². The molecule has 0 heterocycles. The third-order valence-corrected chi connectivity index (χ3v) is 4.87. The smallest absolute Gasteiger partial charge is 0.431 e. The summed E-state index contributed by atoms with van der Waals surface area (Å²) in [5.74, 6) is 0. The predicted molar refractivity (Wildman–Crippen MR) is 100 cm³/mol. The fourth-order valence-corrected chi connectivity index (χ4v) is 3.52. The number of hydroxylamine groups is 1. The van der Waals surface area contributed by atoms with E-state index in [-0.39, 0.29) is 12.0 Å². The Bertz CT molecular complexity index is 659. The summed E-state index contributed by atoms with van der Waals surface area (Å²) in [4.78, 5) is 10.8. The van der Waals surface area contributed by atoms with Gasteiger partial charge >= 0.3 is 6.09 Å². The van der Waals surface area contributed by atoms with Crippen LogP contribution in [0.1, 0.15) is 57.6 Å². The van der Waals surface area contributed by atoms with Crippen LogP contribution in [0.4, 0.5) is 4.79 Å². The average Bonchev–Trinajstić information content (AvgIpc) is 2.58. The van der Waals surface area contributed by atoms with Crippen LogP contribution in [0.15, 0.2) is 41.5 Å². The van der Waals surface area contributed by atoms with E-state index in [1.54, 1.807) is 0 Å². The Hall–Kier alpha value is -2.07. The van der Waals surface area contributed by atoms with Crippen LogP contribution in [0.5, 0.6) is 0 Å². The van der Waals surface area contributed by atoms with Crippen molar-refractivity contribution < 1.29 is 14.7 Å². The molecule has 0 aromatic heterocycles. The van der Waals surface area contributed by atoms with Crippen molar-refractivity contribution in [2.45, 2.75) is 52.9 Å². The molecule has 0 fully saturated rings. The van der Waals surface area contributed by atoms with Crippen molar-refractivity contribution in [1.82, 2.24) is 5.48 Å². The number of aryl methyl sites for hydroxylation is 1. The molecule has 25 heavy (non-hydrogen) atoms. The maximum absolute atomic E-state index is 10.8. The zero-order valence-corrected chi connectivity index (χ0v) is 15.5. The zero-order valence-electron chi connectivity index (χ0n) is 15.5. The van der Waals surface area contributed by atoms with E-state index in [0.717, 1.165) is 12.8 Å². The number of carbonyl (C=O) groups is 1. The fourth-order valence-electron chi connectivity index (χ4n) is 3.52. The molecule has 4 nitrogen and oxygen atoms in total. The minimum absolute atomic E-state index is 0.251. The van der Waals surface area contributed by atoms with Crippen LogP contribution in [0.2, 0.25) is 0 Å². The number of hydrogen-bond donors (Lipinski definition) is 2. The molecular formula is C21H29NO3. The van der Waals surface area contributed by atoms with Gasteiger partial charge in [-0.1, -0.05) is 55.8 Å². The van der Waals surface area contributed by atoms with Crippen molar-refractivity contribution in [3.05, 3.63) is 52.6 Å². The highest BCUT2D eigenvalue weighted by molar-refractivity contribution is 5.65. The maximum Gasteiger partial charge on any atom is 0.431 e. The molecule has 1 aromatic rings. The number of ether oxygens (including phenoxy) is 1. The summed E-state index contributed by atoms with van der Waals surface area (Å²) in [6.07, 6.45) is 8.94. The van der Waals surface area contributed by atoms with Crippen LogP contribution in [0.3, 0.4) is 0 Å². The normalized spacial score (nSPS) is 17.0. The molecule has 0 aliphatic heterocycles. The van der Waals surface area contributed by atoms with Gasteiger partial charge in [0, 0.05) is 0 Å². The lowest BCUT2D eigenvalue weighted by Gasteiger charge is -2.32. The summed E-state index contributed by atoms with van der Waals surface area (Å²) >= 11 is 0. The molecule has 4 heteroatoms. The summed E-state index contributed by atoms with van der Waals surface area (Å²) in [6, 6.07) is 8.43. The minimum atomic E-state index is -0.810. The molecule has 0 radical (unpaired) electrons. The number of allylic oxidation sites excluding steroid dienone is 3. The molecule has 1 aromatic carbocycles. The molecule has 1 aliphatic rings. The lowest BCUT2D eigenvalue weighted by atomic mass is 9.72. The fraction of sp³-hybridized carbons (Fsp3) is 0.476.